The number of nitrogens with zero attached hydrogens (tertiary/aromatic N) is 2. The number of hydrogen-bond acceptors (Lipinski definition) is 3. The van der Waals surface area contributed by atoms with E-state index in [1.54, 1.807) is 6.33 Å². The molecule has 1 fully saturated rings. The molecule has 0 aliphatic heterocycles. The van der Waals surface area contributed by atoms with Gasteiger partial charge in [-0.3, -0.25) is 0 Å². The molecule has 1 aliphatic rings. The normalized spacial score (nSPS) is 16.8. The average molecular weight is 191 g/mol. The van der Waals surface area contributed by atoms with E-state index in [9.17, 15) is 0 Å². The maximum atomic E-state index is 4.29. The van der Waals surface area contributed by atoms with Gasteiger partial charge in [-0.15, -0.1) is 0 Å². The maximum Gasteiger partial charge on any atom is 0.129 e. The molecular formula is C11H17N3. The molecule has 0 saturated heterocycles. The highest BCUT2D eigenvalue weighted by molar-refractivity contribution is 5.38. The fraction of sp³-hybridized carbons (Fsp3) is 0.636. The van der Waals surface area contributed by atoms with Crippen LogP contribution >= 0.6 is 0 Å². The number of nitrogens with one attached hydrogen (secondary N) is 1. The number of rotatable bonds is 2. The fourth-order valence-corrected chi connectivity index (χ4v) is 1.28. The third-order valence-corrected chi connectivity index (χ3v) is 2.36. The molecule has 1 saturated carbocycles. The number of aromatic nitrogens is 2. The largest absolute Gasteiger partial charge is 0.367 e. The van der Waals surface area contributed by atoms with Crippen molar-refractivity contribution in [3.05, 3.63) is 18.1 Å². The predicted octanol–water partition coefficient (Wildman–Crippen LogP) is 2.35. The van der Waals surface area contributed by atoms with E-state index in [-0.39, 0.29) is 5.41 Å². The van der Waals surface area contributed by atoms with Crippen molar-refractivity contribution in [3.8, 4) is 0 Å². The summed E-state index contributed by atoms with van der Waals surface area (Å²) in [4.78, 5) is 8.50. The molecule has 3 heteroatoms. The summed E-state index contributed by atoms with van der Waals surface area (Å²) in [6, 6.07) is 2.70. The molecule has 2 rings (SSSR count). The lowest BCUT2D eigenvalue weighted by molar-refractivity contribution is 0.567. The highest BCUT2D eigenvalue weighted by atomic mass is 15.1. The van der Waals surface area contributed by atoms with Gasteiger partial charge in [0.15, 0.2) is 0 Å². The fourth-order valence-electron chi connectivity index (χ4n) is 1.28. The molecule has 1 aliphatic carbocycles. The van der Waals surface area contributed by atoms with Gasteiger partial charge in [0.1, 0.15) is 12.1 Å². The topological polar surface area (TPSA) is 37.8 Å². The van der Waals surface area contributed by atoms with Crippen LogP contribution in [0.15, 0.2) is 12.4 Å². The molecule has 3 nitrogen and oxygen atoms in total. The monoisotopic (exact) mass is 191 g/mol. The Morgan fingerprint density at radius 1 is 1.29 bits per heavy atom. The van der Waals surface area contributed by atoms with Crippen LogP contribution in [0.2, 0.25) is 0 Å². The van der Waals surface area contributed by atoms with Crippen molar-refractivity contribution in [3.63, 3.8) is 0 Å². The van der Waals surface area contributed by atoms with Gasteiger partial charge >= 0.3 is 0 Å². The lowest BCUT2D eigenvalue weighted by Crippen LogP contribution is -2.15. The number of anilines is 1. The average Bonchev–Trinajstić information content (AvgIpc) is 2.87. The first-order valence-corrected chi connectivity index (χ1v) is 5.15. The number of hydrogen-bond donors (Lipinski definition) is 1. The smallest absolute Gasteiger partial charge is 0.129 e. The van der Waals surface area contributed by atoms with Gasteiger partial charge in [0.05, 0.1) is 5.69 Å². The van der Waals surface area contributed by atoms with E-state index in [0.29, 0.717) is 6.04 Å². The van der Waals surface area contributed by atoms with E-state index in [0.717, 1.165) is 11.5 Å². The molecule has 0 amide bonds. The molecule has 1 aromatic rings. The van der Waals surface area contributed by atoms with Crippen molar-refractivity contribution < 1.29 is 0 Å². The van der Waals surface area contributed by atoms with Gasteiger partial charge in [-0.25, -0.2) is 9.97 Å². The van der Waals surface area contributed by atoms with Crippen LogP contribution in [0.1, 0.15) is 39.3 Å². The second-order valence-electron chi connectivity index (χ2n) is 4.96. The van der Waals surface area contributed by atoms with Crippen molar-refractivity contribution in [2.45, 2.75) is 45.1 Å². The van der Waals surface area contributed by atoms with E-state index in [1.165, 1.54) is 12.8 Å². The quantitative estimate of drug-likeness (QED) is 0.779. The van der Waals surface area contributed by atoms with Crippen molar-refractivity contribution in [2.75, 3.05) is 5.32 Å². The predicted molar refractivity (Wildman–Crippen MR) is 57.4 cm³/mol. The van der Waals surface area contributed by atoms with Gasteiger partial charge in [0, 0.05) is 17.5 Å². The molecule has 0 atom stereocenters. The maximum absolute atomic E-state index is 4.29. The molecule has 0 aromatic carbocycles. The first-order chi connectivity index (χ1) is 6.55. The third kappa shape index (κ3) is 2.22. The first kappa shape index (κ1) is 9.44. The van der Waals surface area contributed by atoms with Crippen LogP contribution < -0.4 is 5.32 Å². The van der Waals surface area contributed by atoms with Gasteiger partial charge in [-0.2, -0.15) is 0 Å². The lowest BCUT2D eigenvalue weighted by atomic mass is 9.92. The molecule has 0 unspecified atom stereocenters. The summed E-state index contributed by atoms with van der Waals surface area (Å²) < 4.78 is 0. The highest BCUT2D eigenvalue weighted by Crippen LogP contribution is 2.26. The molecule has 0 spiro atoms. The Kier molecular flexibility index (Phi) is 2.17. The molecule has 0 radical (unpaired) electrons. The second-order valence-corrected chi connectivity index (χ2v) is 4.96. The van der Waals surface area contributed by atoms with Crippen LogP contribution in [-0.2, 0) is 5.41 Å². The Hall–Kier alpha value is -1.12. The van der Waals surface area contributed by atoms with E-state index < -0.39 is 0 Å². The SMILES string of the molecule is CC(C)(C)c1cc(NC2CC2)ncn1. The minimum atomic E-state index is 0.100. The summed E-state index contributed by atoms with van der Waals surface area (Å²) in [5.74, 6) is 0.965. The molecule has 0 bridgehead atoms. The summed E-state index contributed by atoms with van der Waals surface area (Å²) in [6.07, 6.45) is 4.19. The van der Waals surface area contributed by atoms with Gasteiger partial charge in [-0.1, -0.05) is 20.8 Å². The van der Waals surface area contributed by atoms with Gasteiger partial charge in [-0.05, 0) is 12.8 Å². The first-order valence-electron chi connectivity index (χ1n) is 5.15. The van der Waals surface area contributed by atoms with Crippen LogP contribution in [0, 0.1) is 0 Å². The zero-order valence-electron chi connectivity index (χ0n) is 9.04. The Morgan fingerprint density at radius 3 is 2.57 bits per heavy atom. The van der Waals surface area contributed by atoms with Crippen LogP contribution in [0.3, 0.4) is 0 Å². The van der Waals surface area contributed by atoms with E-state index in [1.807, 2.05) is 0 Å². The van der Waals surface area contributed by atoms with Crippen molar-refractivity contribution in [1.29, 1.82) is 0 Å². The highest BCUT2D eigenvalue weighted by Gasteiger charge is 2.22. The minimum Gasteiger partial charge on any atom is -0.367 e. The zero-order chi connectivity index (χ0) is 10.2. The summed E-state index contributed by atoms with van der Waals surface area (Å²) in [7, 11) is 0. The molecule has 76 valence electrons. The van der Waals surface area contributed by atoms with Crippen molar-refractivity contribution >= 4 is 5.82 Å². The zero-order valence-corrected chi connectivity index (χ0v) is 9.04. The summed E-state index contributed by atoms with van der Waals surface area (Å²) in [5.41, 5.74) is 1.19. The Bertz CT molecular complexity index is 324. The third-order valence-electron chi connectivity index (χ3n) is 2.36. The Balaban J connectivity index is 2.17. The molecule has 1 aromatic heterocycles. The van der Waals surface area contributed by atoms with Gasteiger partial charge in [0.2, 0.25) is 0 Å². The van der Waals surface area contributed by atoms with E-state index in [4.69, 9.17) is 0 Å². The van der Waals surface area contributed by atoms with Crippen molar-refractivity contribution in [1.82, 2.24) is 9.97 Å². The van der Waals surface area contributed by atoms with Gasteiger partial charge in [0.25, 0.3) is 0 Å². The lowest BCUT2D eigenvalue weighted by Gasteiger charge is -2.17. The van der Waals surface area contributed by atoms with E-state index >= 15 is 0 Å². The van der Waals surface area contributed by atoms with Crippen molar-refractivity contribution in [2.24, 2.45) is 0 Å². The standard InChI is InChI=1S/C11H17N3/c1-11(2,3)9-6-10(13-7-12-9)14-8-4-5-8/h6-8H,4-5H2,1-3H3,(H,12,13,14). The van der Waals surface area contributed by atoms with Crippen LogP contribution in [0.25, 0.3) is 0 Å². The van der Waals surface area contributed by atoms with Crippen LogP contribution in [-0.4, -0.2) is 16.0 Å². The van der Waals surface area contributed by atoms with Crippen LogP contribution in [0.5, 0.6) is 0 Å². The summed E-state index contributed by atoms with van der Waals surface area (Å²) >= 11 is 0. The molecular weight excluding hydrogens is 174 g/mol. The molecule has 1 heterocycles. The second kappa shape index (κ2) is 3.23. The minimum absolute atomic E-state index is 0.100. The Labute approximate surface area is 85.0 Å². The summed E-state index contributed by atoms with van der Waals surface area (Å²) in [6.45, 7) is 6.49. The van der Waals surface area contributed by atoms with Crippen LogP contribution in [0.4, 0.5) is 5.82 Å². The Morgan fingerprint density at radius 2 is 2.00 bits per heavy atom. The molecule has 14 heavy (non-hydrogen) atoms. The van der Waals surface area contributed by atoms with E-state index in [2.05, 4.69) is 42.1 Å². The molecule has 1 N–H and O–H groups in total. The van der Waals surface area contributed by atoms with Gasteiger partial charge < -0.3 is 5.32 Å². The summed E-state index contributed by atoms with van der Waals surface area (Å²) in [5, 5.41) is 3.38.